The van der Waals surface area contributed by atoms with Gasteiger partial charge in [0, 0.05) is 25.2 Å². The molecule has 1 aromatic rings. The molecular weight excluding hydrogens is 282 g/mol. The Morgan fingerprint density at radius 3 is 2.63 bits per heavy atom. The number of rotatable bonds is 6. The summed E-state index contributed by atoms with van der Waals surface area (Å²) < 4.78 is 27.6. The lowest BCUT2D eigenvalue weighted by Crippen LogP contribution is -2.41. The standard InChI is InChI=1S/C12H19N3O2S2/c1-9(2)14-19(16,17)15(3)8-10-5-4-6-11(7-10)12(13)18/h4-7,9,14H,8H2,1-3H3,(H2,13,18). The van der Waals surface area contributed by atoms with Crippen molar-refractivity contribution < 1.29 is 8.42 Å². The van der Waals surface area contributed by atoms with E-state index in [2.05, 4.69) is 4.72 Å². The Labute approximate surface area is 120 Å². The van der Waals surface area contributed by atoms with Crippen molar-refractivity contribution in [2.24, 2.45) is 5.73 Å². The van der Waals surface area contributed by atoms with Gasteiger partial charge in [0.05, 0.1) is 0 Å². The first kappa shape index (κ1) is 16.0. The molecule has 0 radical (unpaired) electrons. The molecule has 0 aliphatic carbocycles. The molecule has 5 nitrogen and oxygen atoms in total. The van der Waals surface area contributed by atoms with E-state index in [1.54, 1.807) is 32.0 Å². The number of hydrogen-bond donors (Lipinski definition) is 2. The summed E-state index contributed by atoms with van der Waals surface area (Å²) in [6.45, 7) is 3.82. The van der Waals surface area contributed by atoms with E-state index >= 15 is 0 Å². The van der Waals surface area contributed by atoms with Gasteiger partial charge in [0.2, 0.25) is 0 Å². The van der Waals surface area contributed by atoms with Crippen LogP contribution in [0.2, 0.25) is 0 Å². The number of thiocarbonyl (C=S) groups is 1. The van der Waals surface area contributed by atoms with Gasteiger partial charge in [0.1, 0.15) is 4.99 Å². The average Bonchev–Trinajstić information content (AvgIpc) is 2.27. The molecule has 3 N–H and O–H groups in total. The van der Waals surface area contributed by atoms with Gasteiger partial charge >= 0.3 is 0 Å². The van der Waals surface area contributed by atoms with E-state index < -0.39 is 10.2 Å². The number of nitrogens with zero attached hydrogens (tertiary/aromatic N) is 1. The molecule has 0 fully saturated rings. The third kappa shape index (κ3) is 4.87. The predicted octanol–water partition coefficient (Wildman–Crippen LogP) is 0.995. The topological polar surface area (TPSA) is 75.4 Å². The molecule has 0 amide bonds. The van der Waals surface area contributed by atoms with E-state index in [4.69, 9.17) is 18.0 Å². The third-order valence-electron chi connectivity index (χ3n) is 2.41. The van der Waals surface area contributed by atoms with Crippen LogP contribution in [0.3, 0.4) is 0 Å². The number of nitrogens with two attached hydrogens (primary N) is 1. The Kier molecular flexibility index (Phi) is 5.42. The fraction of sp³-hybridized carbons (Fsp3) is 0.417. The second-order valence-corrected chi connectivity index (χ2v) is 6.85. The highest BCUT2D eigenvalue weighted by Crippen LogP contribution is 2.09. The maximum absolute atomic E-state index is 11.9. The Balaban J connectivity index is 2.85. The highest BCUT2D eigenvalue weighted by Gasteiger charge is 2.18. The molecule has 0 saturated heterocycles. The van der Waals surface area contributed by atoms with Gasteiger partial charge in [-0.2, -0.15) is 17.4 Å². The molecule has 0 heterocycles. The summed E-state index contributed by atoms with van der Waals surface area (Å²) in [5, 5.41) is 0. The van der Waals surface area contributed by atoms with Crippen molar-refractivity contribution in [2.45, 2.75) is 26.4 Å². The molecule has 7 heteroatoms. The van der Waals surface area contributed by atoms with Crippen molar-refractivity contribution in [3.8, 4) is 0 Å². The smallest absolute Gasteiger partial charge is 0.279 e. The molecule has 106 valence electrons. The molecule has 0 spiro atoms. The minimum atomic E-state index is -3.47. The molecular formula is C12H19N3O2S2. The van der Waals surface area contributed by atoms with Gasteiger partial charge in [0.25, 0.3) is 10.2 Å². The lowest BCUT2D eigenvalue weighted by molar-refractivity contribution is 0.449. The van der Waals surface area contributed by atoms with Crippen LogP contribution >= 0.6 is 12.2 Å². The van der Waals surface area contributed by atoms with Gasteiger partial charge < -0.3 is 5.73 Å². The molecule has 0 atom stereocenters. The second kappa shape index (κ2) is 6.42. The summed E-state index contributed by atoms with van der Waals surface area (Å²) in [7, 11) is -1.95. The molecule has 0 saturated carbocycles. The Hall–Kier alpha value is -1.02. The zero-order valence-corrected chi connectivity index (χ0v) is 12.9. The molecule has 0 unspecified atom stereocenters. The van der Waals surface area contributed by atoms with E-state index in [0.717, 1.165) is 11.1 Å². The Morgan fingerprint density at radius 2 is 2.11 bits per heavy atom. The van der Waals surface area contributed by atoms with E-state index in [0.29, 0.717) is 4.99 Å². The number of nitrogens with one attached hydrogen (secondary N) is 1. The average molecular weight is 301 g/mol. The molecule has 0 aliphatic heterocycles. The second-order valence-electron chi connectivity index (χ2n) is 4.60. The minimum Gasteiger partial charge on any atom is -0.389 e. The van der Waals surface area contributed by atoms with Crippen LogP contribution in [0.25, 0.3) is 0 Å². The van der Waals surface area contributed by atoms with E-state index in [-0.39, 0.29) is 12.6 Å². The zero-order valence-electron chi connectivity index (χ0n) is 11.3. The third-order valence-corrected chi connectivity index (χ3v) is 4.37. The number of hydrogen-bond acceptors (Lipinski definition) is 3. The van der Waals surface area contributed by atoms with Gasteiger partial charge in [-0.25, -0.2) is 0 Å². The van der Waals surface area contributed by atoms with Crippen LogP contribution in [0.15, 0.2) is 24.3 Å². The lowest BCUT2D eigenvalue weighted by Gasteiger charge is -2.19. The largest absolute Gasteiger partial charge is 0.389 e. The monoisotopic (exact) mass is 301 g/mol. The quantitative estimate of drug-likeness (QED) is 0.769. The molecule has 0 aromatic heterocycles. The molecule has 1 aromatic carbocycles. The van der Waals surface area contributed by atoms with E-state index in [1.807, 2.05) is 6.07 Å². The van der Waals surface area contributed by atoms with Crippen LogP contribution in [0.4, 0.5) is 0 Å². The highest BCUT2D eigenvalue weighted by atomic mass is 32.2. The Morgan fingerprint density at radius 1 is 1.47 bits per heavy atom. The van der Waals surface area contributed by atoms with E-state index in [9.17, 15) is 8.42 Å². The zero-order chi connectivity index (χ0) is 14.6. The van der Waals surface area contributed by atoms with Gasteiger partial charge in [0.15, 0.2) is 0 Å². The van der Waals surface area contributed by atoms with E-state index in [1.165, 1.54) is 11.4 Å². The molecule has 19 heavy (non-hydrogen) atoms. The molecule has 1 rings (SSSR count). The summed E-state index contributed by atoms with van der Waals surface area (Å²) in [6, 6.07) is 7.09. The fourth-order valence-electron chi connectivity index (χ4n) is 1.55. The van der Waals surface area contributed by atoms with Gasteiger partial charge in [-0.15, -0.1) is 0 Å². The van der Waals surface area contributed by atoms with Crippen molar-refractivity contribution in [1.29, 1.82) is 0 Å². The summed E-state index contributed by atoms with van der Waals surface area (Å²) >= 11 is 4.90. The van der Waals surface area contributed by atoms with Crippen LogP contribution in [-0.2, 0) is 16.8 Å². The van der Waals surface area contributed by atoms with Crippen molar-refractivity contribution in [3.05, 3.63) is 35.4 Å². The van der Waals surface area contributed by atoms with Gasteiger partial charge in [-0.05, 0) is 25.5 Å². The van der Waals surface area contributed by atoms with Gasteiger partial charge in [-0.3, -0.25) is 0 Å². The van der Waals surface area contributed by atoms with Crippen molar-refractivity contribution in [3.63, 3.8) is 0 Å². The van der Waals surface area contributed by atoms with Crippen molar-refractivity contribution in [1.82, 2.24) is 9.03 Å². The first-order valence-electron chi connectivity index (χ1n) is 5.84. The van der Waals surface area contributed by atoms with Crippen LogP contribution in [0.1, 0.15) is 25.0 Å². The van der Waals surface area contributed by atoms with Crippen LogP contribution in [-0.4, -0.2) is 30.8 Å². The predicted molar refractivity (Wildman–Crippen MR) is 81.0 cm³/mol. The van der Waals surface area contributed by atoms with Crippen molar-refractivity contribution >= 4 is 27.4 Å². The minimum absolute atomic E-state index is 0.143. The summed E-state index contributed by atoms with van der Waals surface area (Å²) in [6.07, 6.45) is 0. The summed E-state index contributed by atoms with van der Waals surface area (Å²) in [5.41, 5.74) is 7.12. The van der Waals surface area contributed by atoms with Crippen LogP contribution in [0.5, 0.6) is 0 Å². The maximum Gasteiger partial charge on any atom is 0.279 e. The SMILES string of the molecule is CC(C)NS(=O)(=O)N(C)Cc1cccc(C(N)=S)c1. The van der Waals surface area contributed by atoms with Crippen LogP contribution in [0, 0.1) is 0 Å². The van der Waals surface area contributed by atoms with Crippen molar-refractivity contribution in [2.75, 3.05) is 7.05 Å². The first-order valence-corrected chi connectivity index (χ1v) is 7.69. The fourth-order valence-corrected chi connectivity index (χ4v) is 2.77. The van der Waals surface area contributed by atoms with Gasteiger partial charge in [-0.1, -0.05) is 30.4 Å². The molecule has 0 bridgehead atoms. The number of benzene rings is 1. The molecule has 0 aliphatic rings. The normalized spacial score (nSPS) is 12.1. The Bertz CT molecular complexity index is 556. The lowest BCUT2D eigenvalue weighted by atomic mass is 10.1. The maximum atomic E-state index is 11.9. The summed E-state index contributed by atoms with van der Waals surface area (Å²) in [4.78, 5) is 0.299. The van der Waals surface area contributed by atoms with Crippen LogP contribution < -0.4 is 10.5 Å². The highest BCUT2D eigenvalue weighted by molar-refractivity contribution is 7.87. The first-order chi connectivity index (χ1) is 8.72. The summed E-state index contributed by atoms with van der Waals surface area (Å²) in [5.74, 6) is 0.